The minimum absolute atomic E-state index is 0.0790. The highest BCUT2D eigenvalue weighted by Gasteiger charge is 2.18. The molecule has 2 atom stereocenters. The lowest BCUT2D eigenvalue weighted by Crippen LogP contribution is -2.34. The van der Waals surface area contributed by atoms with Gasteiger partial charge < -0.3 is 16.6 Å². The van der Waals surface area contributed by atoms with E-state index < -0.39 is 18.1 Å². The highest BCUT2D eigenvalue weighted by molar-refractivity contribution is 7.98. The molecular formula is C11H18N4O3S. The van der Waals surface area contributed by atoms with E-state index in [0.717, 1.165) is 5.75 Å². The van der Waals surface area contributed by atoms with Crippen LogP contribution in [-0.2, 0) is 11.2 Å². The van der Waals surface area contributed by atoms with Crippen molar-refractivity contribution >= 4 is 23.6 Å². The fourth-order valence-corrected chi connectivity index (χ4v) is 1.95. The number of aromatic nitrogens is 2. The Hall–Kier alpha value is -1.38. The largest absolute Gasteiger partial charge is 0.480 e. The highest BCUT2D eigenvalue weighted by Crippen LogP contribution is 2.04. The van der Waals surface area contributed by atoms with E-state index in [0.29, 0.717) is 12.1 Å². The van der Waals surface area contributed by atoms with E-state index in [1.807, 2.05) is 6.26 Å². The molecule has 0 aliphatic carbocycles. The van der Waals surface area contributed by atoms with Crippen LogP contribution in [0.1, 0.15) is 16.9 Å². The van der Waals surface area contributed by atoms with Crippen LogP contribution in [0.4, 0.5) is 0 Å². The normalized spacial score (nSPS) is 14.1. The third-order valence-electron chi connectivity index (χ3n) is 2.59. The zero-order chi connectivity index (χ0) is 14.4. The molecule has 0 unspecified atom stereocenters. The molecule has 0 bridgehead atoms. The fourth-order valence-electron chi connectivity index (χ4n) is 1.46. The van der Waals surface area contributed by atoms with E-state index in [1.54, 1.807) is 11.8 Å². The van der Waals surface area contributed by atoms with Crippen molar-refractivity contribution in [1.29, 1.82) is 0 Å². The number of carbonyl (C=O) groups excluding carboxylic acids is 1. The molecule has 0 fully saturated rings. The van der Waals surface area contributed by atoms with Crippen molar-refractivity contribution in [2.75, 3.05) is 12.0 Å². The zero-order valence-corrected chi connectivity index (χ0v) is 11.5. The first-order chi connectivity index (χ1) is 8.95. The number of thioether (sulfide) groups is 1. The van der Waals surface area contributed by atoms with Crippen LogP contribution >= 0.6 is 11.8 Å². The van der Waals surface area contributed by atoms with Crippen LogP contribution in [0, 0.1) is 0 Å². The molecule has 0 saturated carbocycles. The standard InChI is InChI=1S/C11H18N4O3S/c1-19-3-2-8(12)10(16)15-5-7(14-6-15)4-9(13)11(17)18/h5-6,8-9H,2-4,12-13H2,1H3,(H,17,18)/t8-,9-/m0/s1. The van der Waals surface area contributed by atoms with Crippen molar-refractivity contribution in [3.8, 4) is 0 Å². The number of nitrogens with zero attached hydrogens (tertiary/aromatic N) is 2. The summed E-state index contributed by atoms with van der Waals surface area (Å²) in [6, 6.07) is -1.61. The number of imidazole rings is 1. The lowest BCUT2D eigenvalue weighted by molar-refractivity contribution is -0.138. The van der Waals surface area contributed by atoms with Gasteiger partial charge >= 0.3 is 5.97 Å². The molecule has 5 N–H and O–H groups in total. The lowest BCUT2D eigenvalue weighted by atomic mass is 10.2. The summed E-state index contributed by atoms with van der Waals surface area (Å²) in [5, 5.41) is 8.70. The summed E-state index contributed by atoms with van der Waals surface area (Å²) < 4.78 is 1.29. The maximum atomic E-state index is 11.9. The van der Waals surface area contributed by atoms with Gasteiger partial charge in [-0.15, -0.1) is 0 Å². The van der Waals surface area contributed by atoms with Gasteiger partial charge in [0.25, 0.3) is 0 Å². The SMILES string of the molecule is CSCC[C@H](N)C(=O)n1cnc(C[C@H](N)C(=O)O)c1. The van der Waals surface area contributed by atoms with Crippen LogP contribution < -0.4 is 11.5 Å². The highest BCUT2D eigenvalue weighted by atomic mass is 32.2. The molecule has 0 aliphatic rings. The second-order valence-corrected chi connectivity index (χ2v) is 5.13. The van der Waals surface area contributed by atoms with Crippen LogP contribution in [0.5, 0.6) is 0 Å². The van der Waals surface area contributed by atoms with Gasteiger partial charge in [0.15, 0.2) is 0 Å². The minimum Gasteiger partial charge on any atom is -0.480 e. The predicted molar refractivity (Wildman–Crippen MR) is 73.1 cm³/mol. The molecule has 8 heteroatoms. The molecule has 19 heavy (non-hydrogen) atoms. The first-order valence-corrected chi connectivity index (χ1v) is 7.15. The van der Waals surface area contributed by atoms with Crippen LogP contribution in [0.2, 0.25) is 0 Å². The predicted octanol–water partition coefficient (Wildman–Crippen LogP) is -0.442. The number of carboxylic acids is 1. The number of rotatable bonds is 7. The van der Waals surface area contributed by atoms with E-state index in [4.69, 9.17) is 16.6 Å². The molecule has 0 spiro atoms. The molecule has 1 rings (SSSR count). The van der Waals surface area contributed by atoms with Crippen LogP contribution in [0.3, 0.4) is 0 Å². The van der Waals surface area contributed by atoms with Crippen LogP contribution in [0.15, 0.2) is 12.5 Å². The van der Waals surface area contributed by atoms with Crippen molar-refractivity contribution in [2.24, 2.45) is 11.5 Å². The van der Waals surface area contributed by atoms with Crippen molar-refractivity contribution in [1.82, 2.24) is 9.55 Å². The third kappa shape index (κ3) is 4.66. The van der Waals surface area contributed by atoms with Gasteiger partial charge in [-0.1, -0.05) is 0 Å². The molecule has 1 aromatic heterocycles. The van der Waals surface area contributed by atoms with Crippen molar-refractivity contribution in [3.05, 3.63) is 18.2 Å². The molecule has 106 valence electrons. The molecule has 0 aromatic carbocycles. The number of carbonyl (C=O) groups is 2. The first kappa shape index (κ1) is 15.7. The summed E-state index contributed by atoms with van der Waals surface area (Å²) in [5.74, 6) is -0.549. The van der Waals surface area contributed by atoms with E-state index in [9.17, 15) is 9.59 Å². The van der Waals surface area contributed by atoms with Gasteiger partial charge in [0, 0.05) is 12.6 Å². The number of aliphatic carboxylic acids is 1. The second kappa shape index (κ2) is 7.27. The topological polar surface area (TPSA) is 124 Å². The van der Waals surface area contributed by atoms with E-state index >= 15 is 0 Å². The molecule has 0 radical (unpaired) electrons. The van der Waals surface area contributed by atoms with Crippen LogP contribution in [0.25, 0.3) is 0 Å². The quantitative estimate of drug-likeness (QED) is 0.620. The molecular weight excluding hydrogens is 268 g/mol. The third-order valence-corrected chi connectivity index (χ3v) is 3.23. The Balaban J connectivity index is 2.63. The number of carboxylic acid groups (broad SMARTS) is 1. The average Bonchev–Trinajstić information content (AvgIpc) is 2.83. The van der Waals surface area contributed by atoms with Crippen molar-refractivity contribution in [2.45, 2.75) is 24.9 Å². The smallest absolute Gasteiger partial charge is 0.320 e. The maximum absolute atomic E-state index is 11.9. The van der Waals surface area contributed by atoms with Gasteiger partial charge in [-0.05, 0) is 18.4 Å². The van der Waals surface area contributed by atoms with E-state index in [-0.39, 0.29) is 12.3 Å². The Morgan fingerprint density at radius 1 is 1.47 bits per heavy atom. The first-order valence-electron chi connectivity index (χ1n) is 5.75. The van der Waals surface area contributed by atoms with Gasteiger partial charge in [-0.2, -0.15) is 11.8 Å². The molecule has 0 amide bonds. The summed E-state index contributed by atoms with van der Waals surface area (Å²) >= 11 is 1.62. The summed E-state index contributed by atoms with van der Waals surface area (Å²) in [7, 11) is 0. The Morgan fingerprint density at radius 2 is 2.16 bits per heavy atom. The molecule has 0 saturated heterocycles. The molecule has 0 aliphatic heterocycles. The van der Waals surface area contributed by atoms with Gasteiger partial charge in [0.1, 0.15) is 12.4 Å². The Labute approximate surface area is 115 Å². The average molecular weight is 286 g/mol. The van der Waals surface area contributed by atoms with Gasteiger partial charge in [-0.3, -0.25) is 14.2 Å². The Bertz CT molecular complexity index is 449. The summed E-state index contributed by atoms with van der Waals surface area (Å²) in [6.07, 6.45) is 5.42. The van der Waals surface area contributed by atoms with E-state index in [2.05, 4.69) is 4.98 Å². The van der Waals surface area contributed by atoms with Crippen molar-refractivity contribution in [3.63, 3.8) is 0 Å². The van der Waals surface area contributed by atoms with Gasteiger partial charge in [0.2, 0.25) is 5.91 Å². The summed E-state index contributed by atoms with van der Waals surface area (Å²) in [6.45, 7) is 0. The summed E-state index contributed by atoms with van der Waals surface area (Å²) in [5.41, 5.74) is 11.6. The monoisotopic (exact) mass is 286 g/mol. The summed E-state index contributed by atoms with van der Waals surface area (Å²) in [4.78, 5) is 26.5. The van der Waals surface area contributed by atoms with Gasteiger partial charge in [-0.25, -0.2) is 4.98 Å². The number of hydrogen-bond acceptors (Lipinski definition) is 6. The fraction of sp³-hybridized carbons (Fsp3) is 0.545. The molecule has 7 nitrogen and oxygen atoms in total. The number of hydrogen-bond donors (Lipinski definition) is 3. The van der Waals surface area contributed by atoms with Crippen LogP contribution in [-0.4, -0.2) is 50.6 Å². The maximum Gasteiger partial charge on any atom is 0.320 e. The number of nitrogens with two attached hydrogens (primary N) is 2. The minimum atomic E-state index is -1.10. The van der Waals surface area contributed by atoms with E-state index in [1.165, 1.54) is 17.1 Å². The molecule has 1 aromatic rings. The Morgan fingerprint density at radius 3 is 2.74 bits per heavy atom. The lowest BCUT2D eigenvalue weighted by Gasteiger charge is -2.09. The zero-order valence-electron chi connectivity index (χ0n) is 10.7. The second-order valence-electron chi connectivity index (χ2n) is 4.15. The van der Waals surface area contributed by atoms with Gasteiger partial charge in [0.05, 0.1) is 11.7 Å². The molecule has 1 heterocycles. The van der Waals surface area contributed by atoms with Crippen molar-refractivity contribution < 1.29 is 14.7 Å². The Kier molecular flexibility index (Phi) is 6.00.